The van der Waals surface area contributed by atoms with E-state index < -0.39 is 0 Å². The number of hydrogen-bond acceptors (Lipinski definition) is 2. The lowest BCUT2D eigenvalue weighted by molar-refractivity contribution is 0.627. The molecule has 3 N–H and O–H groups in total. The van der Waals surface area contributed by atoms with Crippen LogP contribution in [0.5, 0.6) is 0 Å². The van der Waals surface area contributed by atoms with Gasteiger partial charge in [-0.3, -0.25) is 5.41 Å². The van der Waals surface area contributed by atoms with Crippen molar-refractivity contribution in [1.82, 2.24) is 0 Å². The fourth-order valence-electron chi connectivity index (χ4n) is 1.87. The standard InChI is InChI=1S/C15H16FN3/c1-19(14-4-2-3-13(16)9-14)10-11-5-7-12(8-6-11)15(17)18/h2-9H,10H2,1H3,(H3,17,18). The highest BCUT2D eigenvalue weighted by molar-refractivity contribution is 5.94. The van der Waals surface area contributed by atoms with Crippen molar-refractivity contribution in [3.05, 3.63) is 65.5 Å². The Bertz CT molecular complexity index is 578. The van der Waals surface area contributed by atoms with Crippen LogP contribution in [0.15, 0.2) is 48.5 Å². The van der Waals surface area contributed by atoms with Crippen molar-refractivity contribution in [2.24, 2.45) is 5.73 Å². The van der Waals surface area contributed by atoms with E-state index in [9.17, 15) is 4.39 Å². The molecule has 0 aromatic heterocycles. The number of nitrogens with two attached hydrogens (primary N) is 1. The second kappa shape index (κ2) is 5.52. The van der Waals surface area contributed by atoms with Crippen molar-refractivity contribution in [1.29, 1.82) is 5.41 Å². The molecule has 3 nitrogen and oxygen atoms in total. The van der Waals surface area contributed by atoms with Crippen molar-refractivity contribution < 1.29 is 4.39 Å². The zero-order valence-corrected chi connectivity index (χ0v) is 10.7. The van der Waals surface area contributed by atoms with Crippen LogP contribution in [-0.4, -0.2) is 12.9 Å². The summed E-state index contributed by atoms with van der Waals surface area (Å²) < 4.78 is 13.1. The maximum absolute atomic E-state index is 13.1. The van der Waals surface area contributed by atoms with Gasteiger partial charge in [-0.25, -0.2) is 4.39 Å². The number of hydrogen-bond donors (Lipinski definition) is 2. The third-order valence-corrected chi connectivity index (χ3v) is 2.93. The van der Waals surface area contributed by atoms with Gasteiger partial charge >= 0.3 is 0 Å². The van der Waals surface area contributed by atoms with E-state index in [0.717, 1.165) is 11.3 Å². The van der Waals surface area contributed by atoms with E-state index in [4.69, 9.17) is 11.1 Å². The van der Waals surface area contributed by atoms with Gasteiger partial charge in [0.2, 0.25) is 0 Å². The van der Waals surface area contributed by atoms with E-state index in [-0.39, 0.29) is 11.7 Å². The average Bonchev–Trinajstić information content (AvgIpc) is 2.39. The van der Waals surface area contributed by atoms with Crippen LogP contribution < -0.4 is 10.6 Å². The predicted molar refractivity (Wildman–Crippen MR) is 76.0 cm³/mol. The first-order valence-electron chi connectivity index (χ1n) is 5.96. The van der Waals surface area contributed by atoms with Gasteiger partial charge in [0.15, 0.2) is 0 Å². The van der Waals surface area contributed by atoms with Gasteiger partial charge in [-0.05, 0) is 23.8 Å². The quantitative estimate of drug-likeness (QED) is 0.653. The Morgan fingerprint density at radius 3 is 2.47 bits per heavy atom. The van der Waals surface area contributed by atoms with Crippen LogP contribution in [0.3, 0.4) is 0 Å². The van der Waals surface area contributed by atoms with E-state index in [1.54, 1.807) is 6.07 Å². The molecular weight excluding hydrogens is 241 g/mol. The number of benzene rings is 2. The number of rotatable bonds is 4. The van der Waals surface area contributed by atoms with Crippen LogP contribution in [0.25, 0.3) is 0 Å². The Labute approximate surface area is 112 Å². The van der Waals surface area contributed by atoms with Gasteiger partial charge in [0.1, 0.15) is 11.7 Å². The summed E-state index contributed by atoms with van der Waals surface area (Å²) in [5.74, 6) is -0.179. The SMILES string of the molecule is CN(Cc1ccc(C(=N)N)cc1)c1cccc(F)c1. The largest absolute Gasteiger partial charge is 0.384 e. The molecule has 0 radical (unpaired) electrons. The minimum atomic E-state index is -0.240. The molecule has 4 heteroatoms. The molecule has 0 amide bonds. The number of anilines is 1. The smallest absolute Gasteiger partial charge is 0.125 e. The minimum absolute atomic E-state index is 0.0602. The molecule has 2 aromatic carbocycles. The highest BCUT2D eigenvalue weighted by Crippen LogP contribution is 2.16. The van der Waals surface area contributed by atoms with Gasteiger partial charge < -0.3 is 10.6 Å². The van der Waals surface area contributed by atoms with Crippen molar-refractivity contribution >= 4 is 11.5 Å². The lowest BCUT2D eigenvalue weighted by Gasteiger charge is -2.19. The molecule has 0 fully saturated rings. The van der Waals surface area contributed by atoms with E-state index in [1.165, 1.54) is 12.1 Å². The molecule has 0 unspecified atom stereocenters. The summed E-state index contributed by atoms with van der Waals surface area (Å²) in [5, 5.41) is 7.33. The summed E-state index contributed by atoms with van der Waals surface area (Å²) in [6.45, 7) is 0.668. The van der Waals surface area contributed by atoms with E-state index >= 15 is 0 Å². The number of nitrogen functional groups attached to an aromatic ring is 1. The highest BCUT2D eigenvalue weighted by Gasteiger charge is 2.04. The van der Waals surface area contributed by atoms with Gasteiger partial charge in [0.05, 0.1) is 0 Å². The second-order valence-corrected chi connectivity index (χ2v) is 4.45. The molecule has 2 rings (SSSR count). The minimum Gasteiger partial charge on any atom is -0.384 e. The van der Waals surface area contributed by atoms with Gasteiger partial charge in [0, 0.05) is 24.8 Å². The summed E-state index contributed by atoms with van der Waals surface area (Å²) in [6.07, 6.45) is 0. The van der Waals surface area contributed by atoms with Gasteiger partial charge in [-0.15, -0.1) is 0 Å². The van der Waals surface area contributed by atoms with Crippen molar-refractivity contribution in [3.8, 4) is 0 Å². The molecule has 0 aliphatic rings. The molecule has 0 bridgehead atoms. The molecule has 0 atom stereocenters. The number of halogens is 1. The fourth-order valence-corrected chi connectivity index (χ4v) is 1.87. The maximum Gasteiger partial charge on any atom is 0.125 e. The van der Waals surface area contributed by atoms with Crippen LogP contribution in [0.4, 0.5) is 10.1 Å². The molecule has 0 aliphatic carbocycles. The topological polar surface area (TPSA) is 53.1 Å². The Morgan fingerprint density at radius 2 is 1.89 bits per heavy atom. The van der Waals surface area contributed by atoms with Gasteiger partial charge in [-0.2, -0.15) is 0 Å². The Hall–Kier alpha value is -2.36. The summed E-state index contributed by atoms with van der Waals surface area (Å²) in [6, 6.07) is 14.0. The van der Waals surface area contributed by atoms with Crippen LogP contribution in [0.2, 0.25) is 0 Å². The van der Waals surface area contributed by atoms with Crippen LogP contribution in [-0.2, 0) is 6.54 Å². The first-order valence-corrected chi connectivity index (χ1v) is 5.96. The molecule has 0 saturated carbocycles. The highest BCUT2D eigenvalue weighted by atomic mass is 19.1. The van der Waals surface area contributed by atoms with E-state index in [0.29, 0.717) is 12.1 Å². The van der Waals surface area contributed by atoms with Crippen molar-refractivity contribution in [3.63, 3.8) is 0 Å². The lowest BCUT2D eigenvalue weighted by atomic mass is 10.1. The predicted octanol–water partition coefficient (Wildman–Crippen LogP) is 2.75. The van der Waals surface area contributed by atoms with E-state index in [1.807, 2.05) is 42.3 Å². The fraction of sp³-hybridized carbons (Fsp3) is 0.133. The molecule has 0 heterocycles. The first-order chi connectivity index (χ1) is 9.06. The third-order valence-electron chi connectivity index (χ3n) is 2.93. The van der Waals surface area contributed by atoms with Crippen LogP contribution in [0.1, 0.15) is 11.1 Å². The Morgan fingerprint density at radius 1 is 1.21 bits per heavy atom. The Balaban J connectivity index is 2.10. The molecule has 19 heavy (non-hydrogen) atoms. The molecule has 0 saturated heterocycles. The zero-order chi connectivity index (χ0) is 13.8. The third kappa shape index (κ3) is 3.31. The number of amidine groups is 1. The first kappa shape index (κ1) is 13.1. The molecule has 2 aromatic rings. The molecule has 98 valence electrons. The Kier molecular flexibility index (Phi) is 3.80. The molecule has 0 spiro atoms. The molecular formula is C15H16FN3. The number of nitrogens with zero attached hydrogens (tertiary/aromatic N) is 1. The monoisotopic (exact) mass is 257 g/mol. The summed E-state index contributed by atoms with van der Waals surface area (Å²) >= 11 is 0. The normalized spacial score (nSPS) is 10.2. The number of nitrogens with one attached hydrogen (secondary N) is 1. The summed E-state index contributed by atoms with van der Waals surface area (Å²) in [7, 11) is 1.91. The summed E-state index contributed by atoms with van der Waals surface area (Å²) in [5.41, 5.74) is 8.02. The van der Waals surface area contributed by atoms with Crippen LogP contribution in [0, 0.1) is 11.2 Å². The van der Waals surface area contributed by atoms with Gasteiger partial charge in [-0.1, -0.05) is 30.3 Å². The summed E-state index contributed by atoms with van der Waals surface area (Å²) in [4.78, 5) is 1.96. The lowest BCUT2D eigenvalue weighted by Crippen LogP contribution is -2.17. The van der Waals surface area contributed by atoms with Gasteiger partial charge in [0.25, 0.3) is 0 Å². The zero-order valence-electron chi connectivity index (χ0n) is 10.7. The average molecular weight is 257 g/mol. The van der Waals surface area contributed by atoms with Crippen molar-refractivity contribution in [2.75, 3.05) is 11.9 Å². The van der Waals surface area contributed by atoms with Crippen molar-refractivity contribution in [2.45, 2.75) is 6.54 Å². The van der Waals surface area contributed by atoms with E-state index in [2.05, 4.69) is 0 Å². The maximum atomic E-state index is 13.1. The second-order valence-electron chi connectivity index (χ2n) is 4.45. The van der Waals surface area contributed by atoms with Crippen LogP contribution >= 0.6 is 0 Å². The molecule has 0 aliphatic heterocycles.